The van der Waals surface area contributed by atoms with E-state index in [1.807, 2.05) is 26.0 Å². The number of anilines is 1. The molecule has 25 heavy (non-hydrogen) atoms. The first kappa shape index (κ1) is 17.8. The number of ether oxygens (including phenoxy) is 1. The first-order chi connectivity index (χ1) is 12.0. The van der Waals surface area contributed by atoms with Gasteiger partial charge in [-0.25, -0.2) is 9.48 Å². The number of halogens is 1. The Labute approximate surface area is 155 Å². The minimum Gasteiger partial charge on any atom is -0.463 e. The highest BCUT2D eigenvalue weighted by Gasteiger charge is 2.35. The molecule has 1 aliphatic heterocycles. The molecule has 1 aromatic carbocycles. The summed E-state index contributed by atoms with van der Waals surface area (Å²) in [7, 11) is 0. The van der Waals surface area contributed by atoms with Gasteiger partial charge < -0.3 is 10.1 Å². The predicted octanol–water partition coefficient (Wildman–Crippen LogP) is 3.90. The lowest BCUT2D eigenvalue weighted by molar-refractivity contribution is -0.139. The number of rotatable bonds is 5. The van der Waals surface area contributed by atoms with E-state index in [2.05, 4.69) is 15.4 Å². The maximum atomic E-state index is 12.6. The average Bonchev–Trinajstić information content (AvgIpc) is 2.97. The third-order valence-electron chi connectivity index (χ3n) is 3.79. The molecule has 6 nitrogen and oxygen atoms in total. The molecule has 0 aliphatic carbocycles. The molecular formula is C17H19ClN4O2S. The van der Waals surface area contributed by atoms with Crippen molar-refractivity contribution in [3.8, 4) is 0 Å². The van der Waals surface area contributed by atoms with Gasteiger partial charge in [0.1, 0.15) is 6.04 Å². The standard InChI is InChI=1S/C17H19ClN4O2S/c1-4-24-15(23)13-10(3)19-16-20-17(25-5-2)21-22(16)14(13)11-6-8-12(18)9-7-11/h6-9,14H,4-5H2,1-3H3,(H,19,20,21)/t14-/m0/s1. The smallest absolute Gasteiger partial charge is 0.338 e. The van der Waals surface area contributed by atoms with Crippen molar-refractivity contribution in [2.45, 2.75) is 32.0 Å². The minimum absolute atomic E-state index is 0.310. The van der Waals surface area contributed by atoms with E-state index in [0.717, 1.165) is 11.3 Å². The second-order valence-electron chi connectivity index (χ2n) is 5.43. The van der Waals surface area contributed by atoms with Gasteiger partial charge in [0, 0.05) is 10.7 Å². The van der Waals surface area contributed by atoms with Gasteiger partial charge in [-0.2, -0.15) is 4.98 Å². The Morgan fingerprint density at radius 1 is 1.36 bits per heavy atom. The first-order valence-electron chi connectivity index (χ1n) is 8.04. The monoisotopic (exact) mass is 378 g/mol. The third-order valence-corrected chi connectivity index (χ3v) is 4.76. The van der Waals surface area contributed by atoms with E-state index in [4.69, 9.17) is 16.3 Å². The topological polar surface area (TPSA) is 69.0 Å². The van der Waals surface area contributed by atoms with Crippen molar-refractivity contribution in [1.29, 1.82) is 0 Å². The molecule has 1 atom stereocenters. The van der Waals surface area contributed by atoms with Gasteiger partial charge in [-0.05, 0) is 37.3 Å². The molecule has 0 saturated carbocycles. The Hall–Kier alpha value is -1.99. The van der Waals surface area contributed by atoms with E-state index in [-0.39, 0.29) is 5.97 Å². The van der Waals surface area contributed by atoms with E-state index in [1.165, 1.54) is 0 Å². The maximum Gasteiger partial charge on any atom is 0.338 e. The predicted molar refractivity (Wildman–Crippen MR) is 99.0 cm³/mol. The summed E-state index contributed by atoms with van der Waals surface area (Å²) in [6.07, 6.45) is 0. The Kier molecular flexibility index (Phi) is 5.34. The molecule has 0 unspecified atom stereocenters. The number of aromatic nitrogens is 3. The van der Waals surface area contributed by atoms with Crippen LogP contribution in [-0.4, -0.2) is 33.1 Å². The summed E-state index contributed by atoms with van der Waals surface area (Å²) in [6, 6.07) is 6.97. The molecule has 0 bridgehead atoms. The minimum atomic E-state index is -0.411. The Balaban J connectivity index is 2.12. The van der Waals surface area contributed by atoms with E-state index >= 15 is 0 Å². The molecule has 0 amide bonds. The molecule has 2 aromatic rings. The highest BCUT2D eigenvalue weighted by molar-refractivity contribution is 7.99. The average molecular weight is 379 g/mol. The van der Waals surface area contributed by atoms with Gasteiger partial charge in [0.2, 0.25) is 11.1 Å². The zero-order valence-electron chi connectivity index (χ0n) is 14.2. The van der Waals surface area contributed by atoms with Crippen LogP contribution in [0.3, 0.4) is 0 Å². The molecule has 1 aromatic heterocycles. The largest absolute Gasteiger partial charge is 0.463 e. The number of thioether (sulfide) groups is 1. The zero-order chi connectivity index (χ0) is 18.0. The van der Waals surface area contributed by atoms with Crippen LogP contribution < -0.4 is 5.32 Å². The first-order valence-corrected chi connectivity index (χ1v) is 9.41. The number of allylic oxidation sites excluding steroid dienone is 1. The van der Waals surface area contributed by atoms with Crippen LogP contribution in [0.25, 0.3) is 0 Å². The van der Waals surface area contributed by atoms with Gasteiger partial charge in [-0.15, -0.1) is 5.10 Å². The molecule has 132 valence electrons. The number of esters is 1. The number of carbonyl (C=O) groups is 1. The highest BCUT2D eigenvalue weighted by Crippen LogP contribution is 2.36. The molecule has 8 heteroatoms. The van der Waals surface area contributed by atoms with Gasteiger partial charge in [0.05, 0.1) is 12.2 Å². The third kappa shape index (κ3) is 3.52. The van der Waals surface area contributed by atoms with Crippen LogP contribution in [0.4, 0.5) is 5.95 Å². The van der Waals surface area contributed by atoms with E-state index in [1.54, 1.807) is 35.5 Å². The number of carbonyl (C=O) groups excluding carboxylic acids is 1. The number of benzene rings is 1. The number of fused-ring (bicyclic) bond motifs is 1. The molecule has 0 radical (unpaired) electrons. The van der Waals surface area contributed by atoms with Gasteiger partial charge >= 0.3 is 5.97 Å². The number of nitrogens with one attached hydrogen (secondary N) is 1. The van der Waals surface area contributed by atoms with Crippen molar-refractivity contribution in [2.24, 2.45) is 0 Å². The van der Waals surface area contributed by atoms with Gasteiger partial charge in [-0.1, -0.05) is 42.4 Å². The van der Waals surface area contributed by atoms with Crippen molar-refractivity contribution in [2.75, 3.05) is 17.7 Å². The van der Waals surface area contributed by atoms with Crippen LogP contribution >= 0.6 is 23.4 Å². The molecular weight excluding hydrogens is 360 g/mol. The summed E-state index contributed by atoms with van der Waals surface area (Å²) in [6.45, 7) is 5.99. The summed E-state index contributed by atoms with van der Waals surface area (Å²) < 4.78 is 7.00. The quantitative estimate of drug-likeness (QED) is 0.628. The Bertz CT molecular complexity index is 817. The molecule has 0 fully saturated rings. The number of hydrogen-bond donors (Lipinski definition) is 1. The van der Waals surface area contributed by atoms with Crippen LogP contribution in [0, 0.1) is 0 Å². The van der Waals surface area contributed by atoms with Gasteiger partial charge in [0.15, 0.2) is 0 Å². The Morgan fingerprint density at radius 3 is 2.72 bits per heavy atom. The molecule has 2 heterocycles. The Morgan fingerprint density at radius 2 is 2.08 bits per heavy atom. The zero-order valence-corrected chi connectivity index (χ0v) is 15.8. The van der Waals surface area contributed by atoms with Crippen LogP contribution in [0.1, 0.15) is 32.4 Å². The van der Waals surface area contributed by atoms with Crippen LogP contribution in [0.2, 0.25) is 5.02 Å². The molecule has 3 rings (SSSR count). The second kappa shape index (κ2) is 7.49. The van der Waals surface area contributed by atoms with Crippen molar-refractivity contribution in [3.63, 3.8) is 0 Å². The summed E-state index contributed by atoms with van der Waals surface area (Å²) in [5, 5.41) is 9.05. The van der Waals surface area contributed by atoms with E-state index in [9.17, 15) is 4.79 Å². The molecule has 0 saturated heterocycles. The second-order valence-corrected chi connectivity index (χ2v) is 7.10. The highest BCUT2D eigenvalue weighted by atomic mass is 35.5. The van der Waals surface area contributed by atoms with Crippen molar-refractivity contribution >= 4 is 35.3 Å². The van der Waals surface area contributed by atoms with Crippen LogP contribution in [0.5, 0.6) is 0 Å². The summed E-state index contributed by atoms with van der Waals surface area (Å²) in [4.78, 5) is 17.1. The van der Waals surface area contributed by atoms with Gasteiger partial charge in [-0.3, -0.25) is 0 Å². The lowest BCUT2D eigenvalue weighted by atomic mass is 9.96. The van der Waals surface area contributed by atoms with Gasteiger partial charge in [0.25, 0.3) is 0 Å². The number of nitrogens with zero attached hydrogens (tertiary/aromatic N) is 3. The fourth-order valence-electron chi connectivity index (χ4n) is 2.75. The summed E-state index contributed by atoms with van der Waals surface area (Å²) in [5.74, 6) is 1.12. The fourth-order valence-corrected chi connectivity index (χ4v) is 3.43. The summed E-state index contributed by atoms with van der Waals surface area (Å²) >= 11 is 7.57. The molecule has 1 aliphatic rings. The van der Waals surface area contributed by atoms with Crippen LogP contribution in [0.15, 0.2) is 40.7 Å². The van der Waals surface area contributed by atoms with Crippen molar-refractivity contribution in [1.82, 2.24) is 14.8 Å². The van der Waals surface area contributed by atoms with Crippen LogP contribution in [-0.2, 0) is 9.53 Å². The number of hydrogen-bond acceptors (Lipinski definition) is 6. The lowest BCUT2D eigenvalue weighted by Crippen LogP contribution is -2.29. The SMILES string of the molecule is CCOC(=O)C1=C(C)Nc2nc(SCC)nn2[C@H]1c1ccc(Cl)cc1. The van der Waals surface area contributed by atoms with E-state index in [0.29, 0.717) is 34.0 Å². The normalized spacial score (nSPS) is 16.4. The summed E-state index contributed by atoms with van der Waals surface area (Å²) in [5.41, 5.74) is 2.13. The fraction of sp³-hybridized carbons (Fsp3) is 0.353. The molecule has 0 spiro atoms. The van der Waals surface area contributed by atoms with E-state index < -0.39 is 6.04 Å². The maximum absolute atomic E-state index is 12.6. The van der Waals surface area contributed by atoms with Crippen molar-refractivity contribution in [3.05, 3.63) is 46.1 Å². The van der Waals surface area contributed by atoms with Crippen molar-refractivity contribution < 1.29 is 9.53 Å². The molecule has 1 N–H and O–H groups in total. The lowest BCUT2D eigenvalue weighted by Gasteiger charge is -2.28.